The lowest BCUT2D eigenvalue weighted by atomic mass is 10.1. The van der Waals surface area contributed by atoms with E-state index in [0.29, 0.717) is 5.95 Å². The topological polar surface area (TPSA) is 68.5 Å². The Bertz CT molecular complexity index is 1260. The summed E-state index contributed by atoms with van der Waals surface area (Å²) >= 11 is 0. The number of aromatic nitrogens is 5. The van der Waals surface area contributed by atoms with Crippen molar-refractivity contribution in [1.29, 1.82) is 0 Å². The van der Waals surface area contributed by atoms with Crippen LogP contribution in [-0.4, -0.2) is 31.0 Å². The number of nitrogens with zero attached hydrogens (tertiary/aromatic N) is 5. The molecule has 7 heteroatoms. The van der Waals surface area contributed by atoms with Gasteiger partial charge >= 0.3 is 0 Å². The number of halogens is 1. The van der Waals surface area contributed by atoms with Gasteiger partial charge in [-0.15, -0.1) is 0 Å². The van der Waals surface area contributed by atoms with Crippen LogP contribution in [0, 0.1) is 5.82 Å². The average molecular weight is 441 g/mol. The number of hydrogen-bond acceptors (Lipinski definition) is 5. The number of aryl methyl sites for hydroxylation is 1. The summed E-state index contributed by atoms with van der Waals surface area (Å²) in [7, 11) is 0. The molecule has 5 rings (SSSR count). The summed E-state index contributed by atoms with van der Waals surface area (Å²) in [5.41, 5.74) is 4.30. The lowest BCUT2D eigenvalue weighted by Gasteiger charge is -2.15. The summed E-state index contributed by atoms with van der Waals surface area (Å²) in [6.07, 6.45) is 10.6. The first-order valence-electron chi connectivity index (χ1n) is 11.3. The van der Waals surface area contributed by atoms with Crippen molar-refractivity contribution in [3.63, 3.8) is 0 Å². The van der Waals surface area contributed by atoms with Crippen LogP contribution in [0.2, 0.25) is 0 Å². The van der Waals surface area contributed by atoms with Crippen molar-refractivity contribution >= 4 is 12.0 Å². The number of rotatable bonds is 7. The Labute approximate surface area is 192 Å². The fourth-order valence-electron chi connectivity index (χ4n) is 4.15. The third-order valence-electron chi connectivity index (χ3n) is 5.71. The smallest absolute Gasteiger partial charge is 0.223 e. The van der Waals surface area contributed by atoms with E-state index in [9.17, 15) is 4.39 Å². The second-order valence-electron chi connectivity index (χ2n) is 8.01. The van der Waals surface area contributed by atoms with Gasteiger partial charge in [0.15, 0.2) is 0 Å². The quantitative estimate of drug-likeness (QED) is 0.407. The lowest BCUT2D eigenvalue weighted by Crippen LogP contribution is -2.07. The SMILES string of the molecule is CCCNc1nccc(-c2c(-c3ccc(F)cc3)nc3n2C(C=Cc2ccccn2)CC3)n1. The fraction of sp³-hybridized carbons (Fsp3) is 0.231. The van der Waals surface area contributed by atoms with Gasteiger partial charge in [-0.1, -0.05) is 19.1 Å². The van der Waals surface area contributed by atoms with Crippen molar-refractivity contribution in [1.82, 2.24) is 24.5 Å². The Morgan fingerprint density at radius 1 is 1.06 bits per heavy atom. The molecule has 0 spiro atoms. The zero-order valence-electron chi connectivity index (χ0n) is 18.4. The Morgan fingerprint density at radius 3 is 2.73 bits per heavy atom. The summed E-state index contributed by atoms with van der Waals surface area (Å²) in [4.78, 5) is 18.5. The van der Waals surface area contributed by atoms with Crippen LogP contribution >= 0.6 is 0 Å². The van der Waals surface area contributed by atoms with Gasteiger partial charge < -0.3 is 9.88 Å². The zero-order chi connectivity index (χ0) is 22.6. The first-order chi connectivity index (χ1) is 16.2. The van der Waals surface area contributed by atoms with Crippen LogP contribution in [-0.2, 0) is 6.42 Å². The minimum atomic E-state index is -0.267. The number of nitrogens with one attached hydrogen (secondary N) is 1. The predicted molar refractivity (Wildman–Crippen MR) is 128 cm³/mol. The standard InChI is InChI=1S/C26H25FN6/c1-2-15-29-26-30-17-14-22(31-26)25-24(18-6-8-19(27)9-7-18)32-23-13-12-21(33(23)25)11-10-20-5-3-4-16-28-20/h3-11,14,16-17,21H,2,12-13,15H2,1H3,(H,29,30,31). The highest BCUT2D eigenvalue weighted by Crippen LogP contribution is 2.39. The van der Waals surface area contributed by atoms with E-state index in [4.69, 9.17) is 9.97 Å². The van der Waals surface area contributed by atoms with Crippen LogP contribution < -0.4 is 5.32 Å². The minimum absolute atomic E-state index is 0.126. The summed E-state index contributed by atoms with van der Waals surface area (Å²) in [6.45, 7) is 2.90. The largest absolute Gasteiger partial charge is 0.354 e. The highest BCUT2D eigenvalue weighted by atomic mass is 19.1. The van der Waals surface area contributed by atoms with Crippen LogP contribution in [0.15, 0.2) is 67.0 Å². The van der Waals surface area contributed by atoms with Crippen molar-refractivity contribution < 1.29 is 4.39 Å². The molecule has 33 heavy (non-hydrogen) atoms. The van der Waals surface area contributed by atoms with E-state index in [1.165, 1.54) is 12.1 Å². The van der Waals surface area contributed by atoms with E-state index < -0.39 is 0 Å². The number of imidazole rings is 1. The predicted octanol–water partition coefficient (Wildman–Crippen LogP) is 5.56. The molecule has 0 amide bonds. The molecule has 1 aromatic carbocycles. The molecule has 4 aromatic rings. The molecule has 1 aliphatic rings. The number of benzene rings is 1. The van der Waals surface area contributed by atoms with Gasteiger partial charge in [0.2, 0.25) is 5.95 Å². The maximum atomic E-state index is 13.6. The zero-order valence-corrected chi connectivity index (χ0v) is 18.4. The second-order valence-corrected chi connectivity index (χ2v) is 8.01. The van der Waals surface area contributed by atoms with E-state index in [2.05, 4.69) is 38.9 Å². The minimum Gasteiger partial charge on any atom is -0.354 e. The van der Waals surface area contributed by atoms with Gasteiger partial charge in [0, 0.05) is 30.9 Å². The monoisotopic (exact) mass is 440 g/mol. The molecule has 1 unspecified atom stereocenters. The van der Waals surface area contributed by atoms with Gasteiger partial charge in [0.1, 0.15) is 11.6 Å². The molecular weight excluding hydrogens is 415 g/mol. The summed E-state index contributed by atoms with van der Waals surface area (Å²) in [5.74, 6) is 1.33. The lowest BCUT2D eigenvalue weighted by molar-refractivity contribution is 0.628. The molecule has 6 nitrogen and oxygen atoms in total. The molecule has 166 valence electrons. The number of hydrogen-bond donors (Lipinski definition) is 1. The Hall–Kier alpha value is -3.87. The molecule has 1 N–H and O–H groups in total. The average Bonchev–Trinajstić information content (AvgIpc) is 3.42. The van der Waals surface area contributed by atoms with Crippen LogP contribution in [0.3, 0.4) is 0 Å². The Balaban J connectivity index is 1.61. The van der Waals surface area contributed by atoms with E-state index in [1.807, 2.05) is 24.3 Å². The van der Waals surface area contributed by atoms with Crippen molar-refractivity contribution in [3.05, 3.63) is 84.3 Å². The molecule has 1 aliphatic heterocycles. The van der Waals surface area contributed by atoms with Gasteiger partial charge in [-0.3, -0.25) is 4.98 Å². The highest BCUT2D eigenvalue weighted by Gasteiger charge is 2.29. The molecule has 4 heterocycles. The van der Waals surface area contributed by atoms with Gasteiger partial charge in [0.05, 0.1) is 28.8 Å². The fourth-order valence-corrected chi connectivity index (χ4v) is 4.15. The third kappa shape index (κ3) is 4.39. The normalized spacial score (nSPS) is 15.2. The molecule has 0 saturated heterocycles. The molecular formula is C26H25FN6. The highest BCUT2D eigenvalue weighted by molar-refractivity contribution is 5.78. The summed E-state index contributed by atoms with van der Waals surface area (Å²) in [6, 6.07) is 14.4. The first-order valence-corrected chi connectivity index (χ1v) is 11.3. The molecule has 0 saturated carbocycles. The van der Waals surface area contributed by atoms with E-state index in [1.54, 1.807) is 24.5 Å². The van der Waals surface area contributed by atoms with Gasteiger partial charge in [-0.05, 0) is 61.4 Å². The van der Waals surface area contributed by atoms with Crippen LogP contribution in [0.25, 0.3) is 28.7 Å². The third-order valence-corrected chi connectivity index (χ3v) is 5.71. The van der Waals surface area contributed by atoms with Crippen molar-refractivity contribution in [2.45, 2.75) is 32.2 Å². The molecule has 1 atom stereocenters. The van der Waals surface area contributed by atoms with Crippen LogP contribution in [0.5, 0.6) is 0 Å². The molecule has 0 radical (unpaired) electrons. The van der Waals surface area contributed by atoms with Crippen molar-refractivity contribution in [2.75, 3.05) is 11.9 Å². The van der Waals surface area contributed by atoms with E-state index in [-0.39, 0.29) is 11.9 Å². The number of anilines is 1. The molecule has 0 fully saturated rings. The summed E-state index contributed by atoms with van der Waals surface area (Å²) in [5, 5.41) is 3.27. The van der Waals surface area contributed by atoms with Gasteiger partial charge in [-0.2, -0.15) is 0 Å². The first kappa shape index (κ1) is 21.0. The number of fused-ring (bicyclic) bond motifs is 1. The summed E-state index contributed by atoms with van der Waals surface area (Å²) < 4.78 is 15.9. The van der Waals surface area contributed by atoms with Crippen molar-refractivity contribution in [3.8, 4) is 22.6 Å². The van der Waals surface area contributed by atoms with Gasteiger partial charge in [-0.25, -0.2) is 19.3 Å². The Kier molecular flexibility index (Phi) is 5.93. The van der Waals surface area contributed by atoms with Crippen LogP contribution in [0.1, 0.15) is 37.3 Å². The van der Waals surface area contributed by atoms with Crippen molar-refractivity contribution in [2.24, 2.45) is 0 Å². The molecule has 3 aromatic heterocycles. The molecule has 0 aliphatic carbocycles. The molecule has 0 bridgehead atoms. The maximum Gasteiger partial charge on any atom is 0.223 e. The second kappa shape index (κ2) is 9.32. The maximum absolute atomic E-state index is 13.6. The number of allylic oxidation sites excluding steroid dienone is 1. The van der Waals surface area contributed by atoms with E-state index in [0.717, 1.165) is 60.0 Å². The Morgan fingerprint density at radius 2 is 1.94 bits per heavy atom. The van der Waals surface area contributed by atoms with Gasteiger partial charge in [0.25, 0.3) is 0 Å². The van der Waals surface area contributed by atoms with E-state index >= 15 is 0 Å². The number of pyridine rings is 1. The van der Waals surface area contributed by atoms with Crippen LogP contribution in [0.4, 0.5) is 10.3 Å².